The van der Waals surface area contributed by atoms with Gasteiger partial charge in [-0.1, -0.05) is 0 Å². The Bertz CT molecular complexity index is 658. The molecule has 140 valence electrons. The smallest absolute Gasteiger partial charge is 0.270 e. The molecule has 0 spiro atoms. The van der Waals surface area contributed by atoms with Crippen molar-refractivity contribution in [3.63, 3.8) is 0 Å². The average molecular weight is 424 g/mol. The molecule has 1 aliphatic rings. The van der Waals surface area contributed by atoms with Crippen LogP contribution in [0.2, 0.25) is 0 Å². The molecule has 3 N–H and O–H groups in total. The maximum absolute atomic E-state index is 12.0. The first kappa shape index (κ1) is 22.1. The third-order valence-electron chi connectivity index (χ3n) is 3.73. The molecule has 1 saturated heterocycles. The Morgan fingerprint density at radius 3 is 2.64 bits per heavy atom. The van der Waals surface area contributed by atoms with E-state index in [0.29, 0.717) is 18.8 Å². The quantitative estimate of drug-likeness (QED) is 0.714. The summed E-state index contributed by atoms with van der Waals surface area (Å²) in [5.74, 6) is -0.125. The predicted molar refractivity (Wildman–Crippen MR) is 109 cm³/mol. The molecule has 3 heterocycles. The van der Waals surface area contributed by atoms with Gasteiger partial charge in [0.25, 0.3) is 5.91 Å². The Kier molecular flexibility index (Phi) is 9.66. The van der Waals surface area contributed by atoms with Gasteiger partial charge >= 0.3 is 0 Å². The van der Waals surface area contributed by atoms with Crippen molar-refractivity contribution in [2.24, 2.45) is 5.73 Å². The van der Waals surface area contributed by atoms with Crippen molar-refractivity contribution in [2.45, 2.75) is 25.7 Å². The van der Waals surface area contributed by atoms with Crippen molar-refractivity contribution in [3.05, 3.63) is 27.2 Å². The maximum Gasteiger partial charge on any atom is 0.270 e. The van der Waals surface area contributed by atoms with Crippen molar-refractivity contribution >= 4 is 58.5 Å². The zero-order chi connectivity index (χ0) is 16.1. The molecule has 0 aliphatic carbocycles. The van der Waals surface area contributed by atoms with Crippen LogP contribution in [0.3, 0.4) is 0 Å². The Labute approximate surface area is 168 Å². The molecule has 6 nitrogen and oxygen atoms in total. The summed E-state index contributed by atoms with van der Waals surface area (Å²) in [4.78, 5) is 23.3. The molecule has 0 unspecified atom stereocenters. The highest BCUT2D eigenvalue weighted by Crippen LogP contribution is 2.24. The van der Waals surface area contributed by atoms with E-state index in [1.54, 1.807) is 16.7 Å². The van der Waals surface area contributed by atoms with E-state index in [1.807, 2.05) is 0 Å². The fraction of sp³-hybridized carbons (Fsp3) is 0.533. The van der Waals surface area contributed by atoms with E-state index in [2.05, 4.69) is 25.6 Å². The average Bonchev–Trinajstić information content (AvgIpc) is 3.28. The van der Waals surface area contributed by atoms with Gasteiger partial charge in [-0.15, -0.1) is 47.5 Å². The number of rotatable bonds is 7. The van der Waals surface area contributed by atoms with Gasteiger partial charge in [-0.05, 0) is 19.4 Å². The Balaban J connectivity index is 0.00000156. The van der Waals surface area contributed by atoms with Crippen molar-refractivity contribution in [1.82, 2.24) is 15.3 Å². The van der Waals surface area contributed by atoms with Crippen LogP contribution in [0, 0.1) is 0 Å². The number of amides is 1. The van der Waals surface area contributed by atoms with Crippen LogP contribution < -0.4 is 16.0 Å². The second-order valence-corrected chi connectivity index (χ2v) is 7.27. The van der Waals surface area contributed by atoms with Crippen LogP contribution in [0.5, 0.6) is 0 Å². The number of hydrogen-bond acceptors (Lipinski definition) is 7. The normalized spacial score (nSPS) is 13.2. The van der Waals surface area contributed by atoms with Crippen LogP contribution in [0.25, 0.3) is 0 Å². The number of nitrogens with two attached hydrogens (primary N) is 1. The molecule has 0 aromatic carbocycles. The van der Waals surface area contributed by atoms with Gasteiger partial charge < -0.3 is 16.0 Å². The van der Waals surface area contributed by atoms with Crippen LogP contribution in [-0.2, 0) is 12.8 Å². The standard InChI is InChI=1S/C15H21N5OS2.2ClH/c16-5-3-13-19-12(10-22-13)14(21)17-6-4-11-9-23-15(18-11)20-7-1-2-8-20;;/h9-10H,1-8,16H2,(H,17,21);2*1H. The third-order valence-corrected chi connectivity index (χ3v) is 5.58. The molecule has 0 radical (unpaired) electrons. The third kappa shape index (κ3) is 6.07. The van der Waals surface area contributed by atoms with Gasteiger partial charge in [0.15, 0.2) is 5.13 Å². The summed E-state index contributed by atoms with van der Waals surface area (Å²) in [5.41, 5.74) is 7.02. The zero-order valence-electron chi connectivity index (χ0n) is 13.8. The second kappa shape index (κ2) is 10.9. The van der Waals surface area contributed by atoms with Crippen LogP contribution >= 0.6 is 47.5 Å². The van der Waals surface area contributed by atoms with E-state index in [4.69, 9.17) is 5.73 Å². The molecular formula is C15H23Cl2N5OS2. The van der Waals surface area contributed by atoms with Crippen LogP contribution in [0.4, 0.5) is 5.13 Å². The molecule has 0 bridgehead atoms. The van der Waals surface area contributed by atoms with E-state index in [9.17, 15) is 4.79 Å². The minimum absolute atomic E-state index is 0. The number of thiazole rings is 2. The summed E-state index contributed by atoms with van der Waals surface area (Å²) >= 11 is 3.17. The van der Waals surface area contributed by atoms with Gasteiger partial charge in [-0.3, -0.25) is 4.79 Å². The Morgan fingerprint density at radius 2 is 1.92 bits per heavy atom. The van der Waals surface area contributed by atoms with Crippen LogP contribution in [0.15, 0.2) is 10.8 Å². The van der Waals surface area contributed by atoms with Gasteiger partial charge in [-0.2, -0.15) is 0 Å². The highest BCUT2D eigenvalue weighted by atomic mass is 35.5. The van der Waals surface area contributed by atoms with Gasteiger partial charge in [-0.25, -0.2) is 9.97 Å². The van der Waals surface area contributed by atoms with Crippen LogP contribution in [-0.4, -0.2) is 42.1 Å². The lowest BCUT2D eigenvalue weighted by molar-refractivity contribution is 0.0949. The fourth-order valence-corrected chi connectivity index (χ4v) is 4.22. The Hall–Kier alpha value is -0.930. The number of nitrogens with zero attached hydrogens (tertiary/aromatic N) is 3. The number of hydrogen-bond donors (Lipinski definition) is 2. The molecule has 10 heteroatoms. The molecule has 1 amide bonds. The lowest BCUT2D eigenvalue weighted by Crippen LogP contribution is -2.26. The Morgan fingerprint density at radius 1 is 1.16 bits per heavy atom. The van der Waals surface area contributed by atoms with E-state index in [0.717, 1.165) is 41.8 Å². The molecule has 1 fully saturated rings. The fourth-order valence-electron chi connectivity index (χ4n) is 2.51. The summed E-state index contributed by atoms with van der Waals surface area (Å²) in [6.45, 7) is 3.35. The molecule has 1 aliphatic heterocycles. The minimum atomic E-state index is -0.125. The van der Waals surface area contributed by atoms with Crippen molar-refractivity contribution in [3.8, 4) is 0 Å². The summed E-state index contributed by atoms with van der Waals surface area (Å²) in [5, 5.41) is 8.79. The number of anilines is 1. The predicted octanol–water partition coefficient (Wildman–Crippen LogP) is 2.52. The number of halogens is 2. The van der Waals surface area contributed by atoms with Crippen LogP contribution in [0.1, 0.15) is 34.0 Å². The molecule has 2 aromatic heterocycles. The van der Waals surface area contributed by atoms with Gasteiger partial charge in [0, 0.05) is 43.2 Å². The topological polar surface area (TPSA) is 84.1 Å². The largest absolute Gasteiger partial charge is 0.350 e. The minimum Gasteiger partial charge on any atom is -0.350 e. The molecular weight excluding hydrogens is 401 g/mol. The molecule has 0 saturated carbocycles. The second-order valence-electron chi connectivity index (χ2n) is 5.49. The first-order chi connectivity index (χ1) is 11.3. The SMILES string of the molecule is Cl.Cl.NCCc1nc(C(=O)NCCc2csc(N3CCCC3)n2)cs1. The highest BCUT2D eigenvalue weighted by molar-refractivity contribution is 7.13. The summed E-state index contributed by atoms with van der Waals surface area (Å²) < 4.78 is 0. The first-order valence-electron chi connectivity index (χ1n) is 7.88. The van der Waals surface area contributed by atoms with Crippen molar-refractivity contribution < 1.29 is 4.79 Å². The zero-order valence-corrected chi connectivity index (χ0v) is 17.0. The number of carbonyl (C=O) groups is 1. The lowest BCUT2D eigenvalue weighted by Gasteiger charge is -2.12. The molecule has 2 aromatic rings. The van der Waals surface area contributed by atoms with E-state index in [-0.39, 0.29) is 30.7 Å². The summed E-state index contributed by atoms with van der Waals surface area (Å²) in [6.07, 6.45) is 3.97. The molecule has 3 rings (SSSR count). The molecule has 25 heavy (non-hydrogen) atoms. The number of carbonyl (C=O) groups excluding carboxylic acids is 1. The summed E-state index contributed by atoms with van der Waals surface area (Å²) in [6, 6.07) is 0. The van der Waals surface area contributed by atoms with E-state index >= 15 is 0 Å². The molecule has 0 atom stereocenters. The number of nitrogens with one attached hydrogen (secondary N) is 1. The highest BCUT2D eigenvalue weighted by Gasteiger charge is 2.16. The van der Waals surface area contributed by atoms with Gasteiger partial charge in [0.2, 0.25) is 0 Å². The van der Waals surface area contributed by atoms with E-state index in [1.165, 1.54) is 24.2 Å². The van der Waals surface area contributed by atoms with Gasteiger partial charge in [0.1, 0.15) is 5.69 Å². The first-order valence-corrected chi connectivity index (χ1v) is 9.64. The van der Waals surface area contributed by atoms with Crippen molar-refractivity contribution in [2.75, 3.05) is 31.1 Å². The lowest BCUT2D eigenvalue weighted by atomic mass is 10.3. The van der Waals surface area contributed by atoms with Gasteiger partial charge in [0.05, 0.1) is 10.7 Å². The van der Waals surface area contributed by atoms with Crippen molar-refractivity contribution in [1.29, 1.82) is 0 Å². The van der Waals surface area contributed by atoms with E-state index < -0.39 is 0 Å². The maximum atomic E-state index is 12.0. The number of aromatic nitrogens is 2. The monoisotopic (exact) mass is 423 g/mol. The summed E-state index contributed by atoms with van der Waals surface area (Å²) in [7, 11) is 0.